The highest BCUT2D eigenvalue weighted by Gasteiger charge is 1.99. The van der Waals surface area contributed by atoms with Crippen LogP contribution in [0, 0.1) is 6.92 Å². The van der Waals surface area contributed by atoms with Gasteiger partial charge in [-0.05, 0) is 13.3 Å². The summed E-state index contributed by atoms with van der Waals surface area (Å²) in [6.07, 6.45) is 10.8. The van der Waals surface area contributed by atoms with E-state index in [9.17, 15) is 0 Å². The van der Waals surface area contributed by atoms with Crippen LogP contribution in [0.1, 0.15) is 64.0 Å². The van der Waals surface area contributed by atoms with E-state index in [0.717, 1.165) is 18.1 Å². The molecule has 0 aliphatic heterocycles. The molecule has 0 spiro atoms. The van der Waals surface area contributed by atoms with Gasteiger partial charge in [0, 0.05) is 25.4 Å². The van der Waals surface area contributed by atoms with E-state index in [2.05, 4.69) is 27.5 Å². The molecule has 0 unspecified atom stereocenters. The van der Waals surface area contributed by atoms with Crippen molar-refractivity contribution >= 4 is 11.8 Å². The maximum atomic E-state index is 4.39. The molecule has 1 aromatic rings. The third-order valence-corrected chi connectivity index (χ3v) is 3.41. The molecule has 0 saturated carbocycles. The molecule has 114 valence electrons. The molecule has 2 N–H and O–H groups in total. The number of hydrogen-bond donors (Lipinski definition) is 2. The summed E-state index contributed by atoms with van der Waals surface area (Å²) in [5.74, 6) is 1.60. The summed E-state index contributed by atoms with van der Waals surface area (Å²) < 4.78 is 0. The average molecular weight is 278 g/mol. The van der Waals surface area contributed by atoms with Crippen LogP contribution in [0.25, 0.3) is 0 Å². The summed E-state index contributed by atoms with van der Waals surface area (Å²) in [4.78, 5) is 8.67. The van der Waals surface area contributed by atoms with Gasteiger partial charge in [0.25, 0.3) is 0 Å². The minimum Gasteiger partial charge on any atom is -0.370 e. The second kappa shape index (κ2) is 10.5. The number of nitrogens with zero attached hydrogens (tertiary/aromatic N) is 2. The maximum Gasteiger partial charge on any atom is 0.224 e. The largest absolute Gasteiger partial charge is 0.370 e. The van der Waals surface area contributed by atoms with E-state index in [4.69, 9.17) is 0 Å². The molecule has 0 fully saturated rings. The monoisotopic (exact) mass is 278 g/mol. The first-order chi connectivity index (χ1) is 9.76. The Hall–Kier alpha value is -1.32. The molecule has 20 heavy (non-hydrogen) atoms. The van der Waals surface area contributed by atoms with E-state index in [0.29, 0.717) is 5.95 Å². The second-order valence-corrected chi connectivity index (χ2v) is 5.37. The Kier molecular flexibility index (Phi) is 8.76. The highest BCUT2D eigenvalue weighted by Crippen LogP contribution is 2.11. The van der Waals surface area contributed by atoms with Gasteiger partial charge < -0.3 is 10.6 Å². The van der Waals surface area contributed by atoms with Crippen LogP contribution in [0.15, 0.2) is 6.07 Å². The maximum absolute atomic E-state index is 4.39. The zero-order valence-corrected chi connectivity index (χ0v) is 13.3. The summed E-state index contributed by atoms with van der Waals surface area (Å²) in [6.45, 7) is 5.25. The van der Waals surface area contributed by atoms with Crippen LogP contribution in [-0.4, -0.2) is 23.6 Å². The predicted molar refractivity (Wildman–Crippen MR) is 87.4 cm³/mol. The molecular weight excluding hydrogens is 248 g/mol. The average Bonchev–Trinajstić information content (AvgIpc) is 2.45. The fourth-order valence-corrected chi connectivity index (χ4v) is 2.25. The molecule has 1 rings (SSSR count). The highest BCUT2D eigenvalue weighted by molar-refractivity contribution is 5.41. The summed E-state index contributed by atoms with van der Waals surface area (Å²) in [7, 11) is 1.84. The quantitative estimate of drug-likeness (QED) is 0.590. The minimum atomic E-state index is 0.684. The third kappa shape index (κ3) is 7.31. The molecule has 0 aliphatic rings. The van der Waals surface area contributed by atoms with Crippen LogP contribution in [0.2, 0.25) is 0 Å². The topological polar surface area (TPSA) is 49.8 Å². The van der Waals surface area contributed by atoms with Gasteiger partial charge in [-0.2, -0.15) is 4.98 Å². The number of rotatable bonds is 11. The Labute approximate surface area is 123 Å². The molecule has 1 heterocycles. The van der Waals surface area contributed by atoms with Gasteiger partial charge in [0.1, 0.15) is 5.82 Å². The SMILES string of the molecule is CCCCCCCCCCNc1cc(C)nc(NC)n1. The van der Waals surface area contributed by atoms with Crippen LogP contribution >= 0.6 is 0 Å². The van der Waals surface area contributed by atoms with Crippen LogP contribution in [0.3, 0.4) is 0 Å². The molecule has 1 aromatic heterocycles. The number of nitrogens with one attached hydrogen (secondary N) is 2. The molecule has 0 aromatic carbocycles. The number of anilines is 2. The van der Waals surface area contributed by atoms with Crippen LogP contribution in [0.5, 0.6) is 0 Å². The molecule has 0 atom stereocenters. The number of hydrogen-bond acceptors (Lipinski definition) is 4. The smallest absolute Gasteiger partial charge is 0.224 e. The normalized spacial score (nSPS) is 10.6. The van der Waals surface area contributed by atoms with Crippen molar-refractivity contribution in [3.63, 3.8) is 0 Å². The lowest BCUT2D eigenvalue weighted by Crippen LogP contribution is -2.06. The van der Waals surface area contributed by atoms with E-state index in [1.165, 1.54) is 51.4 Å². The lowest BCUT2D eigenvalue weighted by atomic mass is 10.1. The number of aromatic nitrogens is 2. The fraction of sp³-hybridized carbons (Fsp3) is 0.750. The van der Waals surface area contributed by atoms with Crippen molar-refractivity contribution < 1.29 is 0 Å². The first kappa shape index (κ1) is 16.7. The van der Waals surface area contributed by atoms with Gasteiger partial charge in [0.15, 0.2) is 0 Å². The Balaban J connectivity index is 2.08. The van der Waals surface area contributed by atoms with Crippen molar-refractivity contribution in [2.24, 2.45) is 0 Å². The molecule has 0 aliphatic carbocycles. The van der Waals surface area contributed by atoms with Crippen molar-refractivity contribution in [1.82, 2.24) is 9.97 Å². The Morgan fingerprint density at radius 2 is 1.60 bits per heavy atom. The molecule has 0 radical (unpaired) electrons. The first-order valence-electron chi connectivity index (χ1n) is 8.03. The molecule has 0 amide bonds. The van der Waals surface area contributed by atoms with Crippen molar-refractivity contribution in [1.29, 1.82) is 0 Å². The molecule has 0 saturated heterocycles. The Bertz CT molecular complexity index is 365. The molecular formula is C16H30N4. The molecule has 4 heteroatoms. The third-order valence-electron chi connectivity index (χ3n) is 3.41. The van der Waals surface area contributed by atoms with Gasteiger partial charge >= 0.3 is 0 Å². The van der Waals surface area contributed by atoms with E-state index < -0.39 is 0 Å². The molecule has 4 nitrogen and oxygen atoms in total. The van der Waals surface area contributed by atoms with Gasteiger partial charge in [-0.3, -0.25) is 0 Å². The van der Waals surface area contributed by atoms with E-state index >= 15 is 0 Å². The van der Waals surface area contributed by atoms with Gasteiger partial charge in [0.2, 0.25) is 5.95 Å². The Morgan fingerprint density at radius 1 is 0.950 bits per heavy atom. The van der Waals surface area contributed by atoms with E-state index in [1.54, 1.807) is 0 Å². The zero-order valence-electron chi connectivity index (χ0n) is 13.3. The summed E-state index contributed by atoms with van der Waals surface area (Å²) >= 11 is 0. The Morgan fingerprint density at radius 3 is 2.25 bits per heavy atom. The van der Waals surface area contributed by atoms with Crippen LogP contribution in [-0.2, 0) is 0 Å². The lowest BCUT2D eigenvalue weighted by Gasteiger charge is -2.08. The van der Waals surface area contributed by atoms with Crippen molar-refractivity contribution in [3.05, 3.63) is 11.8 Å². The minimum absolute atomic E-state index is 0.684. The standard InChI is InChI=1S/C16H30N4/c1-4-5-6-7-8-9-10-11-12-18-15-13-14(2)19-16(17-3)20-15/h13H,4-12H2,1-3H3,(H2,17,18,19,20). The summed E-state index contributed by atoms with van der Waals surface area (Å²) in [5, 5.41) is 6.36. The van der Waals surface area contributed by atoms with Gasteiger partial charge in [-0.25, -0.2) is 4.98 Å². The first-order valence-corrected chi connectivity index (χ1v) is 8.03. The van der Waals surface area contributed by atoms with E-state index in [1.807, 2.05) is 20.0 Å². The number of aryl methyl sites for hydroxylation is 1. The van der Waals surface area contributed by atoms with Gasteiger partial charge in [-0.1, -0.05) is 51.9 Å². The predicted octanol–water partition coefficient (Wildman–Crippen LogP) is 4.38. The van der Waals surface area contributed by atoms with Crippen molar-refractivity contribution in [2.45, 2.75) is 65.2 Å². The van der Waals surface area contributed by atoms with Crippen LogP contribution < -0.4 is 10.6 Å². The van der Waals surface area contributed by atoms with Crippen LogP contribution in [0.4, 0.5) is 11.8 Å². The lowest BCUT2D eigenvalue weighted by molar-refractivity contribution is 0.581. The molecule has 0 bridgehead atoms. The van der Waals surface area contributed by atoms with Gasteiger partial charge in [-0.15, -0.1) is 0 Å². The number of unbranched alkanes of at least 4 members (excludes halogenated alkanes) is 7. The van der Waals surface area contributed by atoms with E-state index in [-0.39, 0.29) is 0 Å². The summed E-state index contributed by atoms with van der Waals surface area (Å²) in [5.41, 5.74) is 0.989. The van der Waals surface area contributed by atoms with Crippen molar-refractivity contribution in [3.8, 4) is 0 Å². The second-order valence-electron chi connectivity index (χ2n) is 5.37. The van der Waals surface area contributed by atoms with Gasteiger partial charge in [0.05, 0.1) is 0 Å². The fourth-order valence-electron chi connectivity index (χ4n) is 2.25. The zero-order chi connectivity index (χ0) is 14.6. The van der Waals surface area contributed by atoms with Crippen molar-refractivity contribution in [2.75, 3.05) is 24.2 Å². The highest BCUT2D eigenvalue weighted by atomic mass is 15.1. The summed E-state index contributed by atoms with van der Waals surface area (Å²) in [6, 6.07) is 1.99.